The molecule has 0 aromatic heterocycles. The van der Waals surface area contributed by atoms with Crippen LogP contribution in [0.4, 0.5) is 13.2 Å². The van der Waals surface area contributed by atoms with Gasteiger partial charge in [0.25, 0.3) is 0 Å². The van der Waals surface area contributed by atoms with Gasteiger partial charge in [0.15, 0.2) is 5.60 Å². The zero-order valence-corrected chi connectivity index (χ0v) is 10.1. The molecule has 0 bridgehead atoms. The van der Waals surface area contributed by atoms with Crippen molar-refractivity contribution in [2.24, 2.45) is 0 Å². The molecular formula is C12H13F3O4. The number of hydrogen-bond acceptors (Lipinski definition) is 4. The molecule has 106 valence electrons. The lowest BCUT2D eigenvalue weighted by Gasteiger charge is -2.36. The van der Waals surface area contributed by atoms with E-state index in [1.165, 1.54) is 0 Å². The minimum Gasteiger partial charge on any atom is -0.458 e. The Bertz CT molecular complexity index is 429. The van der Waals surface area contributed by atoms with Crippen molar-refractivity contribution in [2.75, 3.05) is 0 Å². The molecule has 0 spiro atoms. The van der Waals surface area contributed by atoms with Crippen LogP contribution >= 0.6 is 0 Å². The molecule has 2 fully saturated rings. The standard InChI is InChI=1S/C12H13F3O4/c1-7(12(13,14)15)10(17)19-11-5-3-2-4-8(11)18-9(16)6-11/h8H,1-6H2. The van der Waals surface area contributed by atoms with Gasteiger partial charge >= 0.3 is 18.1 Å². The molecule has 1 saturated heterocycles. The summed E-state index contributed by atoms with van der Waals surface area (Å²) in [6.45, 7) is 2.70. The van der Waals surface area contributed by atoms with Crippen LogP contribution in [0.3, 0.4) is 0 Å². The second kappa shape index (κ2) is 4.54. The number of esters is 2. The van der Waals surface area contributed by atoms with Crippen molar-refractivity contribution in [3.8, 4) is 0 Å². The summed E-state index contributed by atoms with van der Waals surface area (Å²) >= 11 is 0. The van der Waals surface area contributed by atoms with Gasteiger partial charge in [0.2, 0.25) is 0 Å². The number of carbonyl (C=O) groups excluding carboxylic acids is 2. The first-order valence-electron chi connectivity index (χ1n) is 5.93. The van der Waals surface area contributed by atoms with Gasteiger partial charge in [-0.2, -0.15) is 13.2 Å². The van der Waals surface area contributed by atoms with E-state index < -0.39 is 35.4 Å². The average Bonchev–Trinajstić information content (AvgIpc) is 2.62. The van der Waals surface area contributed by atoms with Gasteiger partial charge in [-0.05, 0) is 25.7 Å². The molecule has 2 aliphatic rings. The molecule has 1 aliphatic heterocycles. The molecule has 2 rings (SSSR count). The molecule has 1 saturated carbocycles. The molecule has 1 aliphatic carbocycles. The summed E-state index contributed by atoms with van der Waals surface area (Å²) in [5.74, 6) is -2.07. The zero-order valence-electron chi connectivity index (χ0n) is 10.1. The third-order valence-corrected chi connectivity index (χ3v) is 3.50. The van der Waals surface area contributed by atoms with Gasteiger partial charge in [-0.3, -0.25) is 4.79 Å². The van der Waals surface area contributed by atoms with E-state index in [0.717, 1.165) is 6.42 Å². The topological polar surface area (TPSA) is 52.6 Å². The molecule has 0 amide bonds. The van der Waals surface area contributed by atoms with Crippen molar-refractivity contribution in [1.82, 2.24) is 0 Å². The highest BCUT2D eigenvalue weighted by molar-refractivity contribution is 5.90. The lowest BCUT2D eigenvalue weighted by Crippen LogP contribution is -2.46. The van der Waals surface area contributed by atoms with Crippen LogP contribution < -0.4 is 0 Å². The molecular weight excluding hydrogens is 265 g/mol. The first-order valence-corrected chi connectivity index (χ1v) is 5.93. The molecule has 2 unspecified atom stereocenters. The van der Waals surface area contributed by atoms with Gasteiger partial charge in [-0.25, -0.2) is 4.79 Å². The molecule has 19 heavy (non-hydrogen) atoms. The van der Waals surface area contributed by atoms with Crippen LogP contribution in [0.25, 0.3) is 0 Å². The van der Waals surface area contributed by atoms with Gasteiger partial charge in [0.1, 0.15) is 11.7 Å². The monoisotopic (exact) mass is 278 g/mol. The maximum absolute atomic E-state index is 12.4. The number of ether oxygens (including phenoxy) is 2. The third kappa shape index (κ3) is 2.59. The fourth-order valence-electron chi connectivity index (χ4n) is 2.51. The minimum absolute atomic E-state index is 0.186. The SMILES string of the molecule is C=C(C(=O)OC12CCCCC1OC(=O)C2)C(F)(F)F. The second-order valence-electron chi connectivity index (χ2n) is 4.83. The van der Waals surface area contributed by atoms with Crippen LogP contribution in [0.1, 0.15) is 32.1 Å². The van der Waals surface area contributed by atoms with Gasteiger partial charge in [0, 0.05) is 0 Å². The molecule has 0 radical (unpaired) electrons. The van der Waals surface area contributed by atoms with Gasteiger partial charge in [0.05, 0.1) is 6.42 Å². The van der Waals surface area contributed by atoms with Crippen LogP contribution in [0.15, 0.2) is 12.2 Å². The predicted molar refractivity (Wildman–Crippen MR) is 57.0 cm³/mol. The molecule has 0 aromatic rings. The molecule has 4 nitrogen and oxygen atoms in total. The van der Waals surface area contributed by atoms with Crippen molar-refractivity contribution in [1.29, 1.82) is 0 Å². The largest absolute Gasteiger partial charge is 0.458 e. The molecule has 0 aromatic carbocycles. The predicted octanol–water partition coefficient (Wildman–Crippen LogP) is 2.28. The van der Waals surface area contributed by atoms with Crippen LogP contribution in [0.2, 0.25) is 0 Å². The van der Waals surface area contributed by atoms with Crippen LogP contribution in [-0.2, 0) is 19.1 Å². The van der Waals surface area contributed by atoms with Gasteiger partial charge in [-0.1, -0.05) is 6.58 Å². The maximum atomic E-state index is 12.4. The van der Waals surface area contributed by atoms with Gasteiger partial charge in [-0.15, -0.1) is 0 Å². The van der Waals surface area contributed by atoms with E-state index in [1.54, 1.807) is 0 Å². The Morgan fingerprint density at radius 3 is 2.74 bits per heavy atom. The Morgan fingerprint density at radius 2 is 2.11 bits per heavy atom. The number of fused-ring (bicyclic) bond motifs is 1. The molecule has 2 atom stereocenters. The normalized spacial score (nSPS) is 30.5. The van der Waals surface area contributed by atoms with Crippen molar-refractivity contribution < 1.29 is 32.2 Å². The number of carbonyl (C=O) groups is 2. The first-order chi connectivity index (χ1) is 8.74. The van der Waals surface area contributed by atoms with E-state index >= 15 is 0 Å². The number of rotatable bonds is 2. The highest BCUT2D eigenvalue weighted by Crippen LogP contribution is 2.42. The van der Waals surface area contributed by atoms with Crippen LogP contribution in [-0.4, -0.2) is 29.8 Å². The minimum atomic E-state index is -4.83. The highest BCUT2D eigenvalue weighted by Gasteiger charge is 2.54. The zero-order chi connectivity index (χ0) is 14.3. The Balaban J connectivity index is 2.14. The number of alkyl halides is 3. The van der Waals surface area contributed by atoms with E-state index in [1.807, 2.05) is 0 Å². The fourth-order valence-corrected chi connectivity index (χ4v) is 2.51. The first kappa shape index (κ1) is 13.9. The summed E-state index contributed by atoms with van der Waals surface area (Å²) in [6.07, 6.45) is -3.36. The summed E-state index contributed by atoms with van der Waals surface area (Å²) in [6, 6.07) is 0. The Kier molecular flexibility index (Phi) is 3.32. The Hall–Kier alpha value is -1.53. The second-order valence-corrected chi connectivity index (χ2v) is 4.83. The van der Waals surface area contributed by atoms with E-state index in [-0.39, 0.29) is 6.42 Å². The Morgan fingerprint density at radius 1 is 1.42 bits per heavy atom. The average molecular weight is 278 g/mol. The van der Waals surface area contributed by atoms with Crippen molar-refractivity contribution >= 4 is 11.9 Å². The van der Waals surface area contributed by atoms with E-state index in [4.69, 9.17) is 9.47 Å². The summed E-state index contributed by atoms with van der Waals surface area (Å²) < 4.78 is 47.1. The molecule has 7 heteroatoms. The Labute approximate surface area is 107 Å². The summed E-state index contributed by atoms with van der Waals surface area (Å²) in [5, 5.41) is 0. The van der Waals surface area contributed by atoms with Crippen LogP contribution in [0, 0.1) is 0 Å². The van der Waals surface area contributed by atoms with Crippen molar-refractivity contribution in [3.05, 3.63) is 12.2 Å². The third-order valence-electron chi connectivity index (χ3n) is 3.50. The smallest absolute Gasteiger partial charge is 0.422 e. The van der Waals surface area contributed by atoms with Crippen LogP contribution in [0.5, 0.6) is 0 Å². The van der Waals surface area contributed by atoms with Crippen molar-refractivity contribution in [2.45, 2.75) is 50.0 Å². The van der Waals surface area contributed by atoms with Crippen molar-refractivity contribution in [3.63, 3.8) is 0 Å². The van der Waals surface area contributed by atoms with E-state index in [2.05, 4.69) is 6.58 Å². The maximum Gasteiger partial charge on any atom is 0.422 e. The fraction of sp³-hybridized carbons (Fsp3) is 0.667. The lowest BCUT2D eigenvalue weighted by atomic mass is 9.81. The highest BCUT2D eigenvalue weighted by atomic mass is 19.4. The van der Waals surface area contributed by atoms with E-state index in [0.29, 0.717) is 19.3 Å². The van der Waals surface area contributed by atoms with E-state index in [9.17, 15) is 22.8 Å². The molecule has 0 N–H and O–H groups in total. The van der Waals surface area contributed by atoms with Gasteiger partial charge < -0.3 is 9.47 Å². The summed E-state index contributed by atoms with van der Waals surface area (Å²) in [4.78, 5) is 22.8. The quantitative estimate of drug-likeness (QED) is 0.574. The summed E-state index contributed by atoms with van der Waals surface area (Å²) in [7, 11) is 0. The summed E-state index contributed by atoms with van der Waals surface area (Å²) in [5.41, 5.74) is -2.81. The number of halogens is 3. The lowest BCUT2D eigenvalue weighted by molar-refractivity contribution is -0.175. The number of hydrogen-bond donors (Lipinski definition) is 0. The molecule has 1 heterocycles.